The highest BCUT2D eigenvalue weighted by molar-refractivity contribution is 6.35. The van der Waals surface area contributed by atoms with Crippen molar-refractivity contribution in [1.82, 2.24) is 9.78 Å². The van der Waals surface area contributed by atoms with Crippen molar-refractivity contribution in [3.8, 4) is 0 Å². The Bertz CT molecular complexity index is 665. The Morgan fingerprint density at radius 2 is 1.83 bits per heavy atom. The van der Waals surface area contributed by atoms with Gasteiger partial charge in [-0.1, -0.05) is 23.2 Å². The van der Waals surface area contributed by atoms with Crippen molar-refractivity contribution in [2.45, 2.75) is 6.92 Å². The molecule has 0 aliphatic heterocycles. The lowest BCUT2D eigenvalue weighted by Gasteiger charge is -2.04. The minimum absolute atomic E-state index is 0.110. The fourth-order valence-electron chi connectivity index (χ4n) is 1.82. The maximum absolute atomic E-state index is 11.9. The Morgan fingerprint density at radius 3 is 2.28 bits per heavy atom. The number of aromatic amines is 1. The molecule has 0 radical (unpaired) electrons. The number of nitrogens with one attached hydrogen (secondary N) is 2. The molecule has 2 N–H and O–H groups in total. The third-order valence-electron chi connectivity index (χ3n) is 2.63. The van der Waals surface area contributed by atoms with Crippen LogP contribution in [0.5, 0.6) is 0 Å². The second-order valence-electron chi connectivity index (χ2n) is 4.01. The van der Waals surface area contributed by atoms with Crippen LogP contribution in [0.3, 0.4) is 0 Å². The van der Waals surface area contributed by atoms with E-state index in [-0.39, 0.29) is 11.3 Å². The van der Waals surface area contributed by atoms with Gasteiger partial charge in [0.25, 0.3) is 5.56 Å². The van der Waals surface area contributed by atoms with Gasteiger partial charge in [0.15, 0.2) is 0 Å². The van der Waals surface area contributed by atoms with E-state index in [1.54, 1.807) is 32.2 Å². The second kappa shape index (κ2) is 4.63. The first-order chi connectivity index (χ1) is 8.40. The van der Waals surface area contributed by atoms with Gasteiger partial charge in [-0.2, -0.15) is 0 Å². The molecular formula is C12H11Cl2N3O. The van der Waals surface area contributed by atoms with Crippen molar-refractivity contribution in [1.29, 1.82) is 5.41 Å². The molecule has 18 heavy (non-hydrogen) atoms. The number of nitrogens with zero attached hydrogens (tertiary/aromatic N) is 1. The molecule has 94 valence electrons. The van der Waals surface area contributed by atoms with E-state index in [2.05, 4.69) is 5.10 Å². The lowest BCUT2D eigenvalue weighted by molar-refractivity contribution is 0.731. The monoisotopic (exact) mass is 283 g/mol. The van der Waals surface area contributed by atoms with Crippen LogP contribution in [0.4, 0.5) is 0 Å². The molecule has 0 saturated carbocycles. The van der Waals surface area contributed by atoms with Crippen LogP contribution in [-0.2, 0) is 7.05 Å². The van der Waals surface area contributed by atoms with Gasteiger partial charge < -0.3 is 0 Å². The Balaban J connectivity index is 2.58. The molecule has 2 aromatic rings. The standard InChI is InChI=1S/C12H11Cl2N3O/c1-6-10(12(18)17(2)16-6)11(15)7-3-8(13)5-9(14)4-7/h3-5,15-16H,1-2H3. The van der Waals surface area contributed by atoms with Gasteiger partial charge in [-0.15, -0.1) is 0 Å². The summed E-state index contributed by atoms with van der Waals surface area (Å²) in [6.45, 7) is 1.75. The largest absolute Gasteiger partial charge is 0.300 e. The number of rotatable bonds is 2. The van der Waals surface area contributed by atoms with Gasteiger partial charge in [0.05, 0.1) is 11.3 Å². The van der Waals surface area contributed by atoms with E-state index in [0.29, 0.717) is 26.9 Å². The van der Waals surface area contributed by atoms with E-state index in [1.165, 1.54) is 4.68 Å². The third kappa shape index (κ3) is 2.21. The molecule has 1 aromatic heterocycles. The van der Waals surface area contributed by atoms with E-state index in [0.717, 1.165) is 0 Å². The van der Waals surface area contributed by atoms with Crippen LogP contribution in [0, 0.1) is 12.3 Å². The minimum atomic E-state index is -0.242. The molecule has 0 bridgehead atoms. The number of hydrogen-bond acceptors (Lipinski definition) is 2. The van der Waals surface area contributed by atoms with E-state index < -0.39 is 0 Å². The summed E-state index contributed by atoms with van der Waals surface area (Å²) in [6, 6.07) is 4.81. The van der Waals surface area contributed by atoms with Crippen molar-refractivity contribution < 1.29 is 0 Å². The molecule has 0 aliphatic rings. The number of hydrogen-bond donors (Lipinski definition) is 2. The number of H-pyrrole nitrogens is 1. The van der Waals surface area contributed by atoms with Gasteiger partial charge in [-0.3, -0.25) is 20.0 Å². The third-order valence-corrected chi connectivity index (χ3v) is 3.07. The highest BCUT2D eigenvalue weighted by atomic mass is 35.5. The first-order valence-corrected chi connectivity index (χ1v) is 5.96. The van der Waals surface area contributed by atoms with Gasteiger partial charge >= 0.3 is 0 Å². The van der Waals surface area contributed by atoms with E-state index >= 15 is 0 Å². The summed E-state index contributed by atoms with van der Waals surface area (Å²) >= 11 is 11.8. The summed E-state index contributed by atoms with van der Waals surface area (Å²) in [5, 5.41) is 11.8. The molecule has 0 spiro atoms. The van der Waals surface area contributed by atoms with E-state index in [1.807, 2.05) is 0 Å². The van der Waals surface area contributed by atoms with Crippen LogP contribution in [0.15, 0.2) is 23.0 Å². The quantitative estimate of drug-likeness (QED) is 0.818. The van der Waals surface area contributed by atoms with Crippen molar-refractivity contribution in [3.63, 3.8) is 0 Å². The summed E-state index contributed by atoms with van der Waals surface area (Å²) in [7, 11) is 1.61. The number of aromatic nitrogens is 2. The van der Waals surface area contributed by atoms with Gasteiger partial charge in [-0.25, -0.2) is 0 Å². The number of halogens is 2. The SMILES string of the molecule is Cc1[nH]n(C)c(=O)c1C(=N)c1cc(Cl)cc(Cl)c1. The van der Waals surface area contributed by atoms with Crippen molar-refractivity contribution in [2.24, 2.45) is 7.05 Å². The zero-order valence-corrected chi connectivity index (χ0v) is 11.4. The lowest BCUT2D eigenvalue weighted by atomic mass is 10.0. The molecule has 1 aromatic carbocycles. The van der Waals surface area contributed by atoms with Gasteiger partial charge in [0.1, 0.15) is 0 Å². The van der Waals surface area contributed by atoms with Gasteiger partial charge in [0.2, 0.25) is 0 Å². The van der Waals surface area contributed by atoms with E-state index in [9.17, 15) is 4.79 Å². The summed E-state index contributed by atoms with van der Waals surface area (Å²) < 4.78 is 1.34. The highest BCUT2D eigenvalue weighted by Crippen LogP contribution is 2.21. The molecule has 1 heterocycles. The average Bonchev–Trinajstić information content (AvgIpc) is 2.51. The minimum Gasteiger partial charge on any atom is -0.300 e. The van der Waals surface area contributed by atoms with Gasteiger partial charge in [-0.05, 0) is 25.1 Å². The lowest BCUT2D eigenvalue weighted by Crippen LogP contribution is -2.19. The van der Waals surface area contributed by atoms with Crippen molar-refractivity contribution in [3.05, 3.63) is 55.4 Å². The second-order valence-corrected chi connectivity index (χ2v) is 4.88. The highest BCUT2D eigenvalue weighted by Gasteiger charge is 2.16. The fourth-order valence-corrected chi connectivity index (χ4v) is 2.35. The predicted octanol–water partition coefficient (Wildman–Crippen LogP) is 2.74. The molecule has 0 saturated heterocycles. The van der Waals surface area contributed by atoms with Crippen molar-refractivity contribution >= 4 is 28.9 Å². The van der Waals surface area contributed by atoms with E-state index in [4.69, 9.17) is 28.6 Å². The summed E-state index contributed by atoms with van der Waals surface area (Å²) in [4.78, 5) is 11.9. The first-order valence-electron chi connectivity index (χ1n) is 5.21. The van der Waals surface area contributed by atoms with Crippen LogP contribution in [0.25, 0.3) is 0 Å². The van der Waals surface area contributed by atoms with Crippen molar-refractivity contribution in [2.75, 3.05) is 0 Å². The zero-order valence-electron chi connectivity index (χ0n) is 9.84. The molecule has 0 unspecified atom stereocenters. The van der Waals surface area contributed by atoms with Crippen LogP contribution in [0.2, 0.25) is 10.0 Å². The summed E-state index contributed by atoms with van der Waals surface area (Å²) in [6.07, 6.45) is 0. The smallest absolute Gasteiger partial charge is 0.275 e. The Kier molecular flexibility index (Phi) is 3.32. The topological polar surface area (TPSA) is 61.6 Å². The van der Waals surface area contributed by atoms with Crippen LogP contribution in [-0.4, -0.2) is 15.5 Å². The molecule has 0 aliphatic carbocycles. The molecule has 4 nitrogen and oxygen atoms in total. The molecule has 6 heteroatoms. The molecule has 0 amide bonds. The van der Waals surface area contributed by atoms with Crippen LogP contribution in [0.1, 0.15) is 16.8 Å². The Labute approximate surface area is 114 Å². The summed E-state index contributed by atoms with van der Waals surface area (Å²) in [5.74, 6) is 0. The zero-order chi connectivity index (χ0) is 13.4. The Hall–Kier alpha value is -1.52. The maximum Gasteiger partial charge on any atom is 0.275 e. The van der Waals surface area contributed by atoms with Crippen LogP contribution >= 0.6 is 23.2 Å². The predicted molar refractivity (Wildman–Crippen MR) is 73.2 cm³/mol. The first kappa shape index (κ1) is 12.9. The Morgan fingerprint density at radius 1 is 1.28 bits per heavy atom. The molecular weight excluding hydrogens is 273 g/mol. The number of benzene rings is 1. The normalized spacial score (nSPS) is 10.7. The maximum atomic E-state index is 11.9. The molecule has 0 atom stereocenters. The van der Waals surface area contributed by atoms with Gasteiger partial charge in [0, 0.05) is 28.4 Å². The fraction of sp³-hybridized carbons (Fsp3) is 0.167. The average molecular weight is 284 g/mol. The molecule has 2 rings (SSSR count). The number of aryl methyl sites for hydroxylation is 2. The molecule has 0 fully saturated rings. The summed E-state index contributed by atoms with van der Waals surface area (Å²) in [5.41, 5.74) is 1.36. The van der Waals surface area contributed by atoms with Crippen LogP contribution < -0.4 is 5.56 Å².